The average molecular weight is 407 g/mol. The van der Waals surface area contributed by atoms with Crippen LogP contribution in [0, 0.1) is 0 Å². The summed E-state index contributed by atoms with van der Waals surface area (Å²) in [5.41, 5.74) is 1.44. The van der Waals surface area contributed by atoms with E-state index in [4.69, 9.17) is 20.8 Å². The largest absolute Gasteiger partial charge is 0.472 e. The lowest BCUT2D eigenvalue weighted by atomic mass is 9.97. The Morgan fingerprint density at radius 3 is 2.62 bits per heavy atom. The average Bonchev–Trinajstić information content (AvgIpc) is 3.26. The monoisotopic (exact) mass is 406 g/mol. The first-order chi connectivity index (χ1) is 14.1. The summed E-state index contributed by atoms with van der Waals surface area (Å²) in [6.45, 7) is 0. The second-order valence-corrected chi connectivity index (χ2v) is 6.63. The van der Waals surface area contributed by atoms with Gasteiger partial charge < -0.3 is 9.15 Å². The van der Waals surface area contributed by atoms with E-state index in [9.17, 15) is 9.59 Å². The number of ether oxygens (including phenoxy) is 1. The van der Waals surface area contributed by atoms with E-state index < -0.39 is 11.5 Å². The number of carbonyl (C=O) groups is 1. The summed E-state index contributed by atoms with van der Waals surface area (Å²) in [5, 5.41) is 5.64. The van der Waals surface area contributed by atoms with Gasteiger partial charge in [-0.1, -0.05) is 41.9 Å². The molecular weight excluding hydrogens is 392 g/mol. The summed E-state index contributed by atoms with van der Waals surface area (Å²) in [6, 6.07) is 15.8. The molecule has 0 aliphatic heterocycles. The maximum absolute atomic E-state index is 13.2. The Bertz CT molecular complexity index is 1280. The number of aromatic nitrogens is 1. The van der Waals surface area contributed by atoms with Crippen LogP contribution < -0.4 is 5.56 Å². The van der Waals surface area contributed by atoms with Gasteiger partial charge in [0.05, 0.1) is 25.9 Å². The molecule has 0 aliphatic carbocycles. The number of furan rings is 1. The van der Waals surface area contributed by atoms with Gasteiger partial charge in [0.2, 0.25) is 0 Å². The van der Waals surface area contributed by atoms with E-state index in [1.54, 1.807) is 24.3 Å². The van der Waals surface area contributed by atoms with Gasteiger partial charge in [-0.3, -0.25) is 4.79 Å². The first kappa shape index (κ1) is 18.7. The van der Waals surface area contributed by atoms with Gasteiger partial charge in [-0.15, -0.1) is 0 Å². The molecule has 2 aromatic heterocycles. The lowest BCUT2D eigenvalue weighted by Crippen LogP contribution is -2.25. The van der Waals surface area contributed by atoms with Gasteiger partial charge in [0, 0.05) is 21.5 Å². The molecule has 2 aromatic carbocycles. The van der Waals surface area contributed by atoms with Gasteiger partial charge in [-0.2, -0.15) is 9.78 Å². The van der Waals surface area contributed by atoms with Crippen LogP contribution in [0.4, 0.5) is 0 Å². The van der Waals surface area contributed by atoms with Crippen molar-refractivity contribution in [3.8, 4) is 11.1 Å². The number of methoxy groups -OCH3 is 1. The fraction of sp³-hybridized carbons (Fsp3) is 0.0455. The Labute approximate surface area is 170 Å². The van der Waals surface area contributed by atoms with E-state index >= 15 is 0 Å². The maximum Gasteiger partial charge on any atom is 0.357 e. The molecule has 0 unspecified atom stereocenters. The molecule has 6 nitrogen and oxygen atoms in total. The molecule has 0 spiro atoms. The molecule has 0 N–H and O–H groups in total. The number of esters is 1. The van der Waals surface area contributed by atoms with Gasteiger partial charge in [-0.25, -0.2) is 4.79 Å². The number of benzene rings is 2. The van der Waals surface area contributed by atoms with E-state index in [1.807, 2.05) is 30.3 Å². The van der Waals surface area contributed by atoms with E-state index in [0.29, 0.717) is 26.9 Å². The number of nitrogens with zero attached hydrogens (tertiary/aromatic N) is 2. The highest BCUT2D eigenvalue weighted by molar-refractivity contribution is 6.31. The molecule has 0 amide bonds. The Balaban J connectivity index is 2.14. The van der Waals surface area contributed by atoms with Gasteiger partial charge in [-0.05, 0) is 35.2 Å². The second-order valence-electron chi connectivity index (χ2n) is 6.19. The zero-order valence-electron chi connectivity index (χ0n) is 15.3. The van der Waals surface area contributed by atoms with Gasteiger partial charge >= 0.3 is 5.97 Å². The van der Waals surface area contributed by atoms with E-state index in [-0.39, 0.29) is 5.69 Å². The minimum Gasteiger partial charge on any atom is -0.472 e. The fourth-order valence-corrected chi connectivity index (χ4v) is 3.30. The zero-order valence-corrected chi connectivity index (χ0v) is 16.1. The molecule has 0 fully saturated rings. The van der Waals surface area contributed by atoms with Gasteiger partial charge in [0.25, 0.3) is 5.56 Å². The molecule has 0 radical (unpaired) electrons. The Kier molecular flexibility index (Phi) is 5.01. The summed E-state index contributed by atoms with van der Waals surface area (Å²) >= 11 is 6.20. The molecule has 7 heteroatoms. The fourth-order valence-electron chi connectivity index (χ4n) is 3.12. The first-order valence-electron chi connectivity index (χ1n) is 8.68. The van der Waals surface area contributed by atoms with Gasteiger partial charge in [0.15, 0.2) is 5.69 Å². The number of fused-ring (bicyclic) bond motifs is 1. The molecule has 4 aromatic rings. The Morgan fingerprint density at radius 2 is 1.93 bits per heavy atom. The van der Waals surface area contributed by atoms with Crippen molar-refractivity contribution in [2.75, 3.05) is 7.11 Å². The summed E-state index contributed by atoms with van der Waals surface area (Å²) < 4.78 is 11.1. The lowest BCUT2D eigenvalue weighted by Gasteiger charge is -2.15. The third-order valence-corrected chi connectivity index (χ3v) is 4.66. The van der Waals surface area contributed by atoms with Crippen LogP contribution >= 0.6 is 11.6 Å². The van der Waals surface area contributed by atoms with Crippen molar-refractivity contribution >= 4 is 34.6 Å². The number of rotatable bonds is 4. The topological polar surface area (TPSA) is 73.8 Å². The van der Waals surface area contributed by atoms with Crippen LogP contribution in [0.15, 0.2) is 81.4 Å². The molecule has 2 heterocycles. The first-order valence-corrected chi connectivity index (χ1v) is 9.06. The summed E-state index contributed by atoms with van der Waals surface area (Å²) in [7, 11) is 1.26. The van der Waals surface area contributed by atoms with Crippen LogP contribution in [0.2, 0.25) is 5.02 Å². The van der Waals surface area contributed by atoms with Crippen LogP contribution in [0.5, 0.6) is 0 Å². The third-order valence-electron chi connectivity index (χ3n) is 4.43. The van der Waals surface area contributed by atoms with Crippen LogP contribution in [-0.2, 0) is 4.74 Å². The van der Waals surface area contributed by atoms with Crippen molar-refractivity contribution in [2.45, 2.75) is 0 Å². The number of pyridine rings is 1. The molecule has 0 bridgehead atoms. The number of hydrogen-bond acceptors (Lipinski definition) is 5. The molecule has 0 atom stereocenters. The van der Waals surface area contributed by atoms with Gasteiger partial charge in [0.1, 0.15) is 0 Å². The zero-order chi connectivity index (χ0) is 20.4. The SMILES string of the molecule is COC(=O)c1c(-c2ccccc2)c2cc(Cl)ccc2c(=O)n1N=Cc1ccoc1. The minimum absolute atomic E-state index is 0.0122. The Hall–Kier alpha value is -3.64. The molecule has 0 saturated heterocycles. The number of hydrogen-bond donors (Lipinski definition) is 0. The number of halogens is 1. The van der Waals surface area contributed by atoms with Crippen LogP contribution in [-0.4, -0.2) is 24.0 Å². The maximum atomic E-state index is 13.2. The third kappa shape index (κ3) is 3.46. The normalized spacial score (nSPS) is 11.2. The smallest absolute Gasteiger partial charge is 0.357 e. The van der Waals surface area contributed by atoms with Crippen LogP contribution in [0.3, 0.4) is 0 Å². The van der Waals surface area contributed by atoms with E-state index in [0.717, 1.165) is 10.2 Å². The molecular formula is C22H15ClN2O4. The number of carbonyl (C=O) groups excluding carboxylic acids is 1. The quantitative estimate of drug-likeness (QED) is 0.367. The van der Waals surface area contributed by atoms with E-state index in [2.05, 4.69) is 5.10 Å². The highest BCUT2D eigenvalue weighted by Gasteiger charge is 2.24. The summed E-state index contributed by atoms with van der Waals surface area (Å²) in [5.74, 6) is -0.688. The Morgan fingerprint density at radius 1 is 1.14 bits per heavy atom. The highest BCUT2D eigenvalue weighted by atomic mass is 35.5. The molecule has 0 saturated carbocycles. The molecule has 0 aliphatic rings. The minimum atomic E-state index is -0.688. The predicted molar refractivity (Wildman–Crippen MR) is 112 cm³/mol. The molecule has 29 heavy (non-hydrogen) atoms. The molecule has 144 valence electrons. The standard InChI is InChI=1S/C22H15ClN2O4/c1-28-22(27)20-19(15-5-3-2-4-6-15)18-11-16(23)7-8-17(18)21(26)25(20)24-12-14-9-10-29-13-14/h2-13H,1H3. The van der Waals surface area contributed by atoms with Crippen molar-refractivity contribution in [3.63, 3.8) is 0 Å². The van der Waals surface area contributed by atoms with E-state index in [1.165, 1.54) is 25.9 Å². The highest BCUT2D eigenvalue weighted by Crippen LogP contribution is 2.32. The predicted octanol–water partition coefficient (Wildman–Crippen LogP) is 4.58. The van der Waals surface area contributed by atoms with Crippen molar-refractivity contribution in [3.05, 3.63) is 93.8 Å². The van der Waals surface area contributed by atoms with Crippen molar-refractivity contribution in [1.29, 1.82) is 0 Å². The molecule has 4 rings (SSSR count). The van der Waals surface area contributed by atoms with Crippen LogP contribution in [0.25, 0.3) is 21.9 Å². The van der Waals surface area contributed by atoms with Crippen molar-refractivity contribution in [1.82, 2.24) is 4.68 Å². The van der Waals surface area contributed by atoms with Crippen molar-refractivity contribution in [2.24, 2.45) is 5.10 Å². The lowest BCUT2D eigenvalue weighted by molar-refractivity contribution is 0.0589. The second kappa shape index (κ2) is 7.77. The van der Waals surface area contributed by atoms with Crippen LogP contribution in [0.1, 0.15) is 16.1 Å². The van der Waals surface area contributed by atoms with Crippen molar-refractivity contribution < 1.29 is 13.9 Å². The summed E-state index contributed by atoms with van der Waals surface area (Å²) in [4.78, 5) is 26.0. The summed E-state index contributed by atoms with van der Waals surface area (Å²) in [6.07, 6.45) is 4.41.